The van der Waals surface area contributed by atoms with Gasteiger partial charge in [-0.15, -0.1) is 10.2 Å². The van der Waals surface area contributed by atoms with Gasteiger partial charge in [-0.1, -0.05) is 42.5 Å². The molecule has 7 nitrogen and oxygen atoms in total. The molecule has 0 aliphatic heterocycles. The first-order valence-corrected chi connectivity index (χ1v) is 11.7. The van der Waals surface area contributed by atoms with Crippen molar-refractivity contribution in [1.82, 2.24) is 4.57 Å². The van der Waals surface area contributed by atoms with Gasteiger partial charge in [0.05, 0.1) is 11.1 Å². The molecule has 0 aliphatic rings. The van der Waals surface area contributed by atoms with Crippen LogP contribution in [0.1, 0.15) is 27.0 Å². The molecular weight excluding hydrogens is 466 g/mol. The Morgan fingerprint density at radius 3 is 2.35 bits per heavy atom. The normalized spacial score (nSPS) is 11.4. The summed E-state index contributed by atoms with van der Waals surface area (Å²) in [5, 5.41) is 41.0. The lowest BCUT2D eigenvalue weighted by Gasteiger charge is -2.10. The van der Waals surface area contributed by atoms with E-state index in [4.69, 9.17) is 0 Å². The minimum atomic E-state index is -1.06. The van der Waals surface area contributed by atoms with Gasteiger partial charge in [0.25, 0.3) is 0 Å². The number of carbonyl (C=O) groups is 1. The van der Waals surface area contributed by atoms with Crippen molar-refractivity contribution in [2.45, 2.75) is 20.8 Å². The number of phenolic OH excluding ortho intramolecular Hbond substituents is 1. The molecule has 0 unspecified atom stereocenters. The molecule has 184 valence electrons. The monoisotopic (exact) mass is 491 g/mol. The predicted octanol–water partition coefficient (Wildman–Crippen LogP) is 7.75. The zero-order valence-corrected chi connectivity index (χ0v) is 20.6. The summed E-state index contributed by atoms with van der Waals surface area (Å²) < 4.78 is 1.53. The first-order chi connectivity index (χ1) is 17.7. The number of aromatic nitrogens is 1. The number of carboxylic acids is 1. The van der Waals surface area contributed by atoms with E-state index in [1.54, 1.807) is 24.3 Å². The van der Waals surface area contributed by atoms with E-state index in [-0.39, 0.29) is 28.6 Å². The number of nitrogens with zero attached hydrogens (tertiary/aromatic N) is 3. The van der Waals surface area contributed by atoms with Crippen LogP contribution in [0.25, 0.3) is 27.7 Å². The smallest absolute Gasteiger partial charge is 0.335 e. The second kappa shape index (κ2) is 9.28. The number of aromatic carboxylic acids is 1. The summed E-state index contributed by atoms with van der Waals surface area (Å²) in [4.78, 5) is 11.5. The lowest BCUT2D eigenvalue weighted by molar-refractivity contribution is 0.0697. The van der Waals surface area contributed by atoms with E-state index >= 15 is 0 Å². The van der Waals surface area contributed by atoms with Crippen LogP contribution in [0.4, 0.5) is 11.4 Å². The summed E-state index contributed by atoms with van der Waals surface area (Å²) in [6, 6.07) is 23.2. The van der Waals surface area contributed by atoms with Crippen LogP contribution in [0.2, 0.25) is 0 Å². The molecule has 1 aromatic heterocycles. The molecule has 0 aliphatic carbocycles. The number of phenols is 1. The van der Waals surface area contributed by atoms with E-state index in [0.717, 1.165) is 22.3 Å². The highest BCUT2D eigenvalue weighted by Crippen LogP contribution is 2.44. The number of para-hydroxylation sites is 1. The van der Waals surface area contributed by atoms with Gasteiger partial charge in [0.1, 0.15) is 5.69 Å². The van der Waals surface area contributed by atoms with Crippen LogP contribution >= 0.6 is 0 Å². The molecule has 0 radical (unpaired) electrons. The van der Waals surface area contributed by atoms with E-state index < -0.39 is 5.97 Å². The summed E-state index contributed by atoms with van der Waals surface area (Å²) in [5.74, 6) is -1.25. The zero-order chi connectivity index (χ0) is 26.3. The summed E-state index contributed by atoms with van der Waals surface area (Å²) in [6.45, 7) is 5.98. The fourth-order valence-corrected chi connectivity index (χ4v) is 4.42. The van der Waals surface area contributed by atoms with Crippen LogP contribution in [-0.4, -0.2) is 25.9 Å². The van der Waals surface area contributed by atoms with Crippen LogP contribution in [-0.2, 0) is 0 Å². The number of benzene rings is 4. The molecule has 0 saturated heterocycles. The van der Waals surface area contributed by atoms with Crippen LogP contribution in [0.15, 0.2) is 89.1 Å². The second-order valence-electron chi connectivity index (χ2n) is 9.06. The fourth-order valence-electron chi connectivity index (χ4n) is 4.42. The Labute approximate surface area is 213 Å². The lowest BCUT2D eigenvalue weighted by Crippen LogP contribution is -1.99. The number of aromatic hydroxyl groups is 2. The van der Waals surface area contributed by atoms with Gasteiger partial charge in [-0.2, -0.15) is 0 Å². The van der Waals surface area contributed by atoms with Crippen molar-refractivity contribution in [1.29, 1.82) is 0 Å². The van der Waals surface area contributed by atoms with Gasteiger partial charge in [-0.05, 0) is 79.4 Å². The molecule has 7 heteroatoms. The standard InChI is InChI=1S/C30H25N3O4/c1-17-13-24(20-12-11-18(2)19(3)15-20)28(34)25(14-17)31-32-27-23-9-4-5-10-26(23)33(29(27)35)22-8-6-7-21(16-22)30(36)37/h4-16,34-35H,1-3H3,(H,36,37). The third-order valence-electron chi connectivity index (χ3n) is 6.48. The van der Waals surface area contributed by atoms with E-state index in [1.165, 1.54) is 16.7 Å². The first-order valence-electron chi connectivity index (χ1n) is 11.7. The van der Waals surface area contributed by atoms with Crippen molar-refractivity contribution < 1.29 is 20.1 Å². The second-order valence-corrected chi connectivity index (χ2v) is 9.06. The molecule has 3 N–H and O–H groups in total. The van der Waals surface area contributed by atoms with E-state index in [1.807, 2.05) is 63.2 Å². The summed E-state index contributed by atoms with van der Waals surface area (Å²) >= 11 is 0. The van der Waals surface area contributed by atoms with Crippen LogP contribution in [0, 0.1) is 20.8 Å². The van der Waals surface area contributed by atoms with Crippen molar-refractivity contribution >= 4 is 28.2 Å². The lowest BCUT2D eigenvalue weighted by atomic mass is 9.98. The summed E-state index contributed by atoms with van der Waals surface area (Å²) in [7, 11) is 0. The van der Waals surface area contributed by atoms with Crippen molar-refractivity contribution in [2.75, 3.05) is 0 Å². The van der Waals surface area contributed by atoms with Gasteiger partial charge in [-0.3, -0.25) is 4.57 Å². The van der Waals surface area contributed by atoms with Gasteiger partial charge >= 0.3 is 5.97 Å². The quantitative estimate of drug-likeness (QED) is 0.218. The molecule has 5 aromatic rings. The number of carboxylic acid groups (broad SMARTS) is 1. The predicted molar refractivity (Wildman–Crippen MR) is 144 cm³/mol. The number of hydrogen-bond donors (Lipinski definition) is 3. The Kier molecular flexibility index (Phi) is 5.97. The molecule has 5 rings (SSSR count). The summed E-state index contributed by atoms with van der Waals surface area (Å²) in [6.07, 6.45) is 0. The van der Waals surface area contributed by atoms with E-state index in [2.05, 4.69) is 10.2 Å². The minimum absolute atomic E-state index is 0.00464. The van der Waals surface area contributed by atoms with Gasteiger partial charge in [0.15, 0.2) is 11.4 Å². The maximum absolute atomic E-state index is 11.5. The third kappa shape index (κ3) is 4.31. The average Bonchev–Trinajstić information content (AvgIpc) is 3.17. The molecular formula is C30H25N3O4. The molecule has 37 heavy (non-hydrogen) atoms. The van der Waals surface area contributed by atoms with E-state index in [9.17, 15) is 20.1 Å². The highest BCUT2D eigenvalue weighted by molar-refractivity contribution is 5.97. The molecule has 0 spiro atoms. The maximum atomic E-state index is 11.5. The fraction of sp³-hybridized carbons (Fsp3) is 0.100. The van der Waals surface area contributed by atoms with Gasteiger partial charge in [0, 0.05) is 16.6 Å². The van der Waals surface area contributed by atoms with Crippen LogP contribution < -0.4 is 0 Å². The van der Waals surface area contributed by atoms with Crippen LogP contribution in [0.3, 0.4) is 0 Å². The molecule has 0 saturated carbocycles. The van der Waals surface area contributed by atoms with Crippen molar-refractivity contribution in [2.24, 2.45) is 10.2 Å². The highest BCUT2D eigenvalue weighted by Gasteiger charge is 2.19. The van der Waals surface area contributed by atoms with Gasteiger partial charge in [0.2, 0.25) is 5.88 Å². The van der Waals surface area contributed by atoms with Crippen molar-refractivity contribution in [3.8, 4) is 28.4 Å². The molecule has 4 aromatic carbocycles. The molecule has 0 fully saturated rings. The molecule has 0 bridgehead atoms. The van der Waals surface area contributed by atoms with Crippen molar-refractivity contribution in [3.63, 3.8) is 0 Å². The first kappa shape index (κ1) is 23.8. The average molecular weight is 492 g/mol. The molecule has 1 heterocycles. The topological polar surface area (TPSA) is 107 Å². The number of fused-ring (bicyclic) bond motifs is 1. The highest BCUT2D eigenvalue weighted by atomic mass is 16.4. The Bertz CT molecular complexity index is 1720. The zero-order valence-electron chi connectivity index (χ0n) is 20.6. The molecule has 0 amide bonds. The SMILES string of the molecule is Cc1cc(N=Nc2c(O)n(-c3cccc(C(=O)O)c3)c3ccccc23)c(O)c(-c2ccc(C)c(C)c2)c1. The van der Waals surface area contributed by atoms with Gasteiger partial charge in [-0.25, -0.2) is 4.79 Å². The largest absolute Gasteiger partial charge is 0.505 e. The summed E-state index contributed by atoms with van der Waals surface area (Å²) in [5.41, 5.74) is 6.41. The Balaban J connectivity index is 1.63. The van der Waals surface area contributed by atoms with E-state index in [0.29, 0.717) is 22.2 Å². The Morgan fingerprint density at radius 2 is 1.59 bits per heavy atom. The third-order valence-corrected chi connectivity index (χ3v) is 6.48. The van der Waals surface area contributed by atoms with Crippen LogP contribution in [0.5, 0.6) is 11.6 Å². The number of aryl methyl sites for hydroxylation is 3. The Hall–Kier alpha value is -4.91. The maximum Gasteiger partial charge on any atom is 0.335 e. The molecule has 0 atom stereocenters. The number of hydrogen-bond acceptors (Lipinski definition) is 5. The van der Waals surface area contributed by atoms with Gasteiger partial charge < -0.3 is 15.3 Å². The number of azo groups is 1. The number of rotatable bonds is 5. The minimum Gasteiger partial charge on any atom is -0.505 e. The van der Waals surface area contributed by atoms with Crippen molar-refractivity contribution in [3.05, 3.63) is 101 Å². The Morgan fingerprint density at radius 1 is 0.811 bits per heavy atom.